The summed E-state index contributed by atoms with van der Waals surface area (Å²) >= 11 is 0. The first-order valence-corrected chi connectivity index (χ1v) is 6.72. The van der Waals surface area contributed by atoms with Crippen molar-refractivity contribution in [2.24, 2.45) is 0 Å². The summed E-state index contributed by atoms with van der Waals surface area (Å²) in [5.74, 6) is -0.325. The lowest BCUT2D eigenvalue weighted by molar-refractivity contribution is -0.138. The van der Waals surface area contributed by atoms with E-state index in [2.05, 4.69) is 0 Å². The van der Waals surface area contributed by atoms with Gasteiger partial charge in [-0.2, -0.15) is 0 Å². The maximum atomic E-state index is 12.4. The SMILES string of the molecule is COc1ccccc1CN(C)C(=O)N(CC(=O)O)C(C)C. The number of carbonyl (C=O) groups is 2. The van der Waals surface area contributed by atoms with Crippen LogP contribution in [0.4, 0.5) is 4.79 Å². The second-order valence-electron chi connectivity index (χ2n) is 5.07. The summed E-state index contributed by atoms with van der Waals surface area (Å²) in [7, 11) is 3.22. The van der Waals surface area contributed by atoms with Crippen LogP contribution in [-0.2, 0) is 11.3 Å². The van der Waals surface area contributed by atoms with Crippen LogP contribution in [0.1, 0.15) is 19.4 Å². The minimum absolute atomic E-state index is 0.186. The fourth-order valence-corrected chi connectivity index (χ4v) is 1.99. The van der Waals surface area contributed by atoms with Crippen molar-refractivity contribution in [3.05, 3.63) is 29.8 Å². The Morgan fingerprint density at radius 1 is 1.29 bits per heavy atom. The highest BCUT2D eigenvalue weighted by Gasteiger charge is 2.23. The number of carboxylic acid groups (broad SMARTS) is 1. The number of hydrogen-bond donors (Lipinski definition) is 1. The fraction of sp³-hybridized carbons (Fsp3) is 0.467. The molecule has 1 N–H and O–H groups in total. The van der Waals surface area contributed by atoms with Crippen LogP contribution in [0.2, 0.25) is 0 Å². The summed E-state index contributed by atoms with van der Waals surface area (Å²) in [4.78, 5) is 26.0. The number of nitrogens with zero attached hydrogens (tertiary/aromatic N) is 2. The zero-order valence-corrected chi connectivity index (χ0v) is 12.9. The predicted octanol–water partition coefficient (Wildman–Crippen LogP) is 2.04. The maximum absolute atomic E-state index is 12.4. The molecule has 6 heteroatoms. The van der Waals surface area contributed by atoms with Gasteiger partial charge in [0.15, 0.2) is 0 Å². The van der Waals surface area contributed by atoms with Crippen LogP contribution in [-0.4, -0.2) is 53.7 Å². The molecule has 0 spiro atoms. The number of aliphatic carboxylic acids is 1. The Balaban J connectivity index is 2.83. The second-order valence-corrected chi connectivity index (χ2v) is 5.07. The van der Waals surface area contributed by atoms with E-state index in [1.165, 1.54) is 9.80 Å². The zero-order chi connectivity index (χ0) is 16.0. The average Bonchev–Trinajstić information content (AvgIpc) is 2.44. The molecule has 0 aromatic heterocycles. The number of rotatable bonds is 6. The van der Waals surface area contributed by atoms with Gasteiger partial charge in [0.25, 0.3) is 0 Å². The summed E-state index contributed by atoms with van der Waals surface area (Å²) in [5.41, 5.74) is 0.870. The number of carboxylic acids is 1. The van der Waals surface area contributed by atoms with Crippen molar-refractivity contribution in [1.29, 1.82) is 0 Å². The third kappa shape index (κ3) is 4.66. The lowest BCUT2D eigenvalue weighted by Crippen LogP contribution is -2.46. The normalized spacial score (nSPS) is 10.3. The largest absolute Gasteiger partial charge is 0.496 e. The molecule has 116 valence electrons. The Hall–Kier alpha value is -2.24. The molecule has 0 radical (unpaired) electrons. The molecule has 0 aliphatic carbocycles. The van der Waals surface area contributed by atoms with Gasteiger partial charge in [-0.1, -0.05) is 18.2 Å². The van der Waals surface area contributed by atoms with Gasteiger partial charge in [0, 0.05) is 18.7 Å². The molecule has 0 atom stereocenters. The van der Waals surface area contributed by atoms with E-state index in [9.17, 15) is 9.59 Å². The quantitative estimate of drug-likeness (QED) is 0.871. The average molecular weight is 294 g/mol. The van der Waals surface area contributed by atoms with Gasteiger partial charge in [-0.15, -0.1) is 0 Å². The van der Waals surface area contributed by atoms with Crippen LogP contribution in [0.25, 0.3) is 0 Å². The summed E-state index contributed by atoms with van der Waals surface area (Å²) in [6.45, 7) is 3.62. The molecule has 0 unspecified atom stereocenters. The molecule has 0 aliphatic rings. The lowest BCUT2D eigenvalue weighted by Gasteiger charge is -2.30. The Morgan fingerprint density at radius 3 is 2.43 bits per heavy atom. The number of amides is 2. The molecule has 0 fully saturated rings. The number of carbonyl (C=O) groups excluding carboxylic acids is 1. The Bertz CT molecular complexity index is 502. The molecule has 0 bridgehead atoms. The van der Waals surface area contributed by atoms with Crippen molar-refractivity contribution in [3.8, 4) is 5.75 Å². The molecular weight excluding hydrogens is 272 g/mol. The molecule has 21 heavy (non-hydrogen) atoms. The maximum Gasteiger partial charge on any atom is 0.323 e. The standard InChI is InChI=1S/C15H22N2O4/c1-11(2)17(10-14(18)19)15(20)16(3)9-12-7-5-6-8-13(12)21-4/h5-8,11H,9-10H2,1-4H3,(H,18,19). The number of hydrogen-bond acceptors (Lipinski definition) is 3. The molecule has 0 heterocycles. The minimum Gasteiger partial charge on any atom is -0.496 e. The third-order valence-electron chi connectivity index (χ3n) is 3.10. The number of methoxy groups -OCH3 is 1. The number of benzene rings is 1. The molecule has 6 nitrogen and oxygen atoms in total. The van der Waals surface area contributed by atoms with Crippen molar-refractivity contribution < 1.29 is 19.4 Å². The number of urea groups is 1. The van der Waals surface area contributed by atoms with Crippen LogP contribution in [0.3, 0.4) is 0 Å². The highest BCUT2D eigenvalue weighted by molar-refractivity contribution is 5.80. The van der Waals surface area contributed by atoms with E-state index in [0.717, 1.165) is 5.56 Å². The summed E-state index contributed by atoms with van der Waals surface area (Å²) in [6.07, 6.45) is 0. The summed E-state index contributed by atoms with van der Waals surface area (Å²) < 4.78 is 5.25. The number of ether oxygens (including phenoxy) is 1. The molecular formula is C15H22N2O4. The topological polar surface area (TPSA) is 70.1 Å². The first-order chi connectivity index (χ1) is 9.86. The van der Waals surface area contributed by atoms with E-state index in [1.54, 1.807) is 28.0 Å². The lowest BCUT2D eigenvalue weighted by atomic mass is 10.2. The molecule has 0 saturated carbocycles. The van der Waals surface area contributed by atoms with E-state index in [4.69, 9.17) is 9.84 Å². The molecule has 0 saturated heterocycles. The zero-order valence-electron chi connectivity index (χ0n) is 12.9. The second kappa shape index (κ2) is 7.52. The monoisotopic (exact) mass is 294 g/mol. The fourth-order valence-electron chi connectivity index (χ4n) is 1.99. The van der Waals surface area contributed by atoms with E-state index < -0.39 is 5.97 Å². The van der Waals surface area contributed by atoms with Gasteiger partial charge in [-0.05, 0) is 19.9 Å². The minimum atomic E-state index is -1.03. The Labute approximate surface area is 124 Å². The van der Waals surface area contributed by atoms with Gasteiger partial charge in [0.05, 0.1) is 13.7 Å². The van der Waals surface area contributed by atoms with Crippen LogP contribution >= 0.6 is 0 Å². The van der Waals surface area contributed by atoms with E-state index in [0.29, 0.717) is 12.3 Å². The first kappa shape index (κ1) is 16.8. The van der Waals surface area contributed by atoms with Gasteiger partial charge in [0.2, 0.25) is 0 Å². The van der Waals surface area contributed by atoms with Crippen LogP contribution in [0.15, 0.2) is 24.3 Å². The van der Waals surface area contributed by atoms with E-state index in [-0.39, 0.29) is 18.6 Å². The smallest absolute Gasteiger partial charge is 0.323 e. The van der Waals surface area contributed by atoms with Gasteiger partial charge < -0.3 is 19.6 Å². The summed E-state index contributed by atoms with van der Waals surface area (Å²) in [5, 5.41) is 8.90. The molecule has 1 aromatic carbocycles. The van der Waals surface area contributed by atoms with Crippen LogP contribution in [0, 0.1) is 0 Å². The molecule has 1 rings (SSSR count). The highest BCUT2D eigenvalue weighted by atomic mass is 16.5. The Morgan fingerprint density at radius 2 is 1.90 bits per heavy atom. The van der Waals surface area contributed by atoms with E-state index >= 15 is 0 Å². The van der Waals surface area contributed by atoms with Crippen LogP contribution in [0.5, 0.6) is 5.75 Å². The van der Waals surface area contributed by atoms with Crippen molar-refractivity contribution in [1.82, 2.24) is 9.80 Å². The van der Waals surface area contributed by atoms with E-state index in [1.807, 2.05) is 24.3 Å². The van der Waals surface area contributed by atoms with Gasteiger partial charge in [-0.25, -0.2) is 4.79 Å². The third-order valence-corrected chi connectivity index (χ3v) is 3.10. The highest BCUT2D eigenvalue weighted by Crippen LogP contribution is 2.19. The molecule has 0 aliphatic heterocycles. The molecule has 2 amide bonds. The summed E-state index contributed by atoms with van der Waals surface area (Å²) in [6, 6.07) is 6.92. The predicted molar refractivity (Wildman–Crippen MR) is 79.3 cm³/mol. The first-order valence-electron chi connectivity index (χ1n) is 6.72. The van der Waals surface area contributed by atoms with Gasteiger partial charge in [0.1, 0.15) is 12.3 Å². The van der Waals surface area contributed by atoms with Crippen molar-refractivity contribution >= 4 is 12.0 Å². The Kier molecular flexibility index (Phi) is 6.02. The van der Waals surface area contributed by atoms with Crippen molar-refractivity contribution in [2.75, 3.05) is 20.7 Å². The molecule has 1 aromatic rings. The van der Waals surface area contributed by atoms with Gasteiger partial charge in [-0.3, -0.25) is 4.79 Å². The number of para-hydroxylation sites is 1. The van der Waals surface area contributed by atoms with Gasteiger partial charge >= 0.3 is 12.0 Å². The van der Waals surface area contributed by atoms with Crippen molar-refractivity contribution in [3.63, 3.8) is 0 Å². The van der Waals surface area contributed by atoms with Crippen molar-refractivity contribution in [2.45, 2.75) is 26.4 Å². The van der Waals surface area contributed by atoms with Crippen LogP contribution < -0.4 is 4.74 Å².